The van der Waals surface area contributed by atoms with Crippen LogP contribution in [0.3, 0.4) is 0 Å². The molecule has 1 aliphatic rings. The highest BCUT2D eigenvalue weighted by molar-refractivity contribution is 7.10. The van der Waals surface area contributed by atoms with Crippen LogP contribution in [-0.4, -0.2) is 18.8 Å². The summed E-state index contributed by atoms with van der Waals surface area (Å²) in [6.07, 6.45) is 1.94. The molecule has 1 aromatic heterocycles. The van der Waals surface area contributed by atoms with E-state index in [1.54, 1.807) is 11.3 Å². The molecule has 0 bridgehead atoms. The lowest BCUT2D eigenvalue weighted by Gasteiger charge is -2.20. The maximum Gasteiger partial charge on any atom is 0.0650 e. The first kappa shape index (κ1) is 9.19. The van der Waals surface area contributed by atoms with E-state index in [2.05, 4.69) is 18.4 Å². The van der Waals surface area contributed by atoms with Crippen LogP contribution in [0.1, 0.15) is 16.9 Å². The van der Waals surface area contributed by atoms with Gasteiger partial charge in [-0.3, -0.25) is 0 Å². The molecule has 0 aliphatic carbocycles. The maximum absolute atomic E-state index is 6.18. The third kappa shape index (κ3) is 2.10. The van der Waals surface area contributed by atoms with Gasteiger partial charge in [0, 0.05) is 17.0 Å². The Morgan fingerprint density at radius 1 is 1.69 bits per heavy atom. The fraction of sp³-hybridized carbons (Fsp3) is 0.600. The molecule has 0 spiro atoms. The molecule has 1 aliphatic heterocycles. The molecule has 0 radical (unpaired) electrons. The Morgan fingerprint density at radius 2 is 2.54 bits per heavy atom. The average molecular weight is 197 g/mol. The summed E-state index contributed by atoms with van der Waals surface area (Å²) in [7, 11) is 0. The third-order valence-electron chi connectivity index (χ3n) is 2.47. The predicted octanol–water partition coefficient (Wildman–Crippen LogP) is 1.72. The molecule has 0 aromatic carbocycles. The highest BCUT2D eigenvalue weighted by Crippen LogP contribution is 2.23. The van der Waals surface area contributed by atoms with Gasteiger partial charge in [0.25, 0.3) is 0 Å². The standard InChI is InChI=1S/C10H15NOS/c1-8-4-9(6-13-8)5-10(11)2-3-12-7-10/h4,6H,2-3,5,7,11H2,1H3. The van der Waals surface area contributed by atoms with E-state index >= 15 is 0 Å². The fourth-order valence-corrected chi connectivity index (χ4v) is 2.47. The second kappa shape index (κ2) is 3.40. The van der Waals surface area contributed by atoms with E-state index < -0.39 is 0 Å². The molecule has 1 atom stereocenters. The van der Waals surface area contributed by atoms with Crippen molar-refractivity contribution in [3.05, 3.63) is 21.9 Å². The maximum atomic E-state index is 6.18. The van der Waals surface area contributed by atoms with Crippen molar-refractivity contribution in [3.8, 4) is 0 Å². The molecule has 2 rings (SSSR count). The Labute approximate surface area is 82.7 Å². The Morgan fingerprint density at radius 3 is 3.08 bits per heavy atom. The van der Waals surface area contributed by atoms with Crippen LogP contribution in [-0.2, 0) is 11.2 Å². The molecule has 1 saturated heterocycles. The van der Waals surface area contributed by atoms with Crippen molar-refractivity contribution in [3.63, 3.8) is 0 Å². The number of aryl methyl sites for hydroxylation is 1. The van der Waals surface area contributed by atoms with Crippen LogP contribution in [0.4, 0.5) is 0 Å². The lowest BCUT2D eigenvalue weighted by atomic mass is 9.92. The molecule has 1 unspecified atom stereocenters. The number of hydrogen-bond donors (Lipinski definition) is 1. The molecule has 2 heterocycles. The van der Waals surface area contributed by atoms with Gasteiger partial charge in [0.15, 0.2) is 0 Å². The lowest BCUT2D eigenvalue weighted by molar-refractivity contribution is 0.178. The number of ether oxygens (including phenoxy) is 1. The molecule has 3 heteroatoms. The van der Waals surface area contributed by atoms with Gasteiger partial charge in [-0.1, -0.05) is 0 Å². The molecule has 2 N–H and O–H groups in total. The highest BCUT2D eigenvalue weighted by atomic mass is 32.1. The summed E-state index contributed by atoms with van der Waals surface area (Å²) in [5.74, 6) is 0. The molecule has 1 fully saturated rings. The van der Waals surface area contributed by atoms with Crippen LogP contribution in [0.2, 0.25) is 0 Å². The molecular formula is C10H15NOS. The number of hydrogen-bond acceptors (Lipinski definition) is 3. The minimum atomic E-state index is -0.104. The number of rotatable bonds is 2. The zero-order valence-electron chi connectivity index (χ0n) is 7.88. The van der Waals surface area contributed by atoms with Crippen LogP contribution >= 0.6 is 11.3 Å². The van der Waals surface area contributed by atoms with Gasteiger partial charge in [-0.15, -0.1) is 11.3 Å². The first-order chi connectivity index (χ1) is 6.18. The minimum Gasteiger partial charge on any atom is -0.379 e. The summed E-state index contributed by atoms with van der Waals surface area (Å²) in [6, 6.07) is 2.22. The van der Waals surface area contributed by atoms with Crippen molar-refractivity contribution in [1.82, 2.24) is 0 Å². The van der Waals surface area contributed by atoms with Gasteiger partial charge in [0.2, 0.25) is 0 Å². The summed E-state index contributed by atoms with van der Waals surface area (Å²) in [6.45, 7) is 3.66. The molecular weight excluding hydrogens is 182 g/mol. The smallest absolute Gasteiger partial charge is 0.0650 e. The highest BCUT2D eigenvalue weighted by Gasteiger charge is 2.30. The summed E-state index contributed by atoms with van der Waals surface area (Å²) in [5, 5.41) is 2.20. The van der Waals surface area contributed by atoms with Crippen LogP contribution in [0, 0.1) is 6.92 Å². The third-order valence-corrected chi connectivity index (χ3v) is 3.39. The molecule has 13 heavy (non-hydrogen) atoms. The van der Waals surface area contributed by atoms with Gasteiger partial charge in [-0.05, 0) is 36.8 Å². The van der Waals surface area contributed by atoms with Gasteiger partial charge >= 0.3 is 0 Å². The van der Waals surface area contributed by atoms with Crippen LogP contribution in [0.25, 0.3) is 0 Å². The van der Waals surface area contributed by atoms with Crippen molar-refractivity contribution in [2.24, 2.45) is 5.73 Å². The van der Waals surface area contributed by atoms with E-state index in [0.29, 0.717) is 6.61 Å². The molecule has 72 valence electrons. The SMILES string of the molecule is Cc1cc(CC2(N)CCOC2)cs1. The molecule has 2 nitrogen and oxygen atoms in total. The predicted molar refractivity (Wildman–Crippen MR) is 55.1 cm³/mol. The molecule has 1 aromatic rings. The quantitative estimate of drug-likeness (QED) is 0.783. The average Bonchev–Trinajstić information content (AvgIpc) is 2.62. The van der Waals surface area contributed by atoms with Crippen LogP contribution in [0.15, 0.2) is 11.4 Å². The summed E-state index contributed by atoms with van der Waals surface area (Å²) in [5.41, 5.74) is 7.43. The van der Waals surface area contributed by atoms with Crippen LogP contribution in [0.5, 0.6) is 0 Å². The van der Waals surface area contributed by atoms with Crippen molar-refractivity contribution < 1.29 is 4.74 Å². The monoisotopic (exact) mass is 197 g/mol. The van der Waals surface area contributed by atoms with E-state index in [0.717, 1.165) is 19.4 Å². The Balaban J connectivity index is 2.04. The Bertz CT molecular complexity index is 289. The Hall–Kier alpha value is -0.380. The molecule has 0 amide bonds. The first-order valence-corrected chi connectivity index (χ1v) is 5.47. The van der Waals surface area contributed by atoms with Crippen molar-refractivity contribution in [1.29, 1.82) is 0 Å². The summed E-state index contributed by atoms with van der Waals surface area (Å²) >= 11 is 1.79. The second-order valence-corrected chi connectivity index (χ2v) is 5.02. The van der Waals surface area contributed by atoms with Crippen LogP contribution < -0.4 is 5.73 Å². The van der Waals surface area contributed by atoms with Gasteiger partial charge in [0.05, 0.1) is 6.61 Å². The molecule has 0 saturated carbocycles. The van der Waals surface area contributed by atoms with E-state index in [1.807, 2.05) is 0 Å². The number of nitrogens with two attached hydrogens (primary N) is 1. The lowest BCUT2D eigenvalue weighted by Crippen LogP contribution is -2.42. The van der Waals surface area contributed by atoms with E-state index in [9.17, 15) is 0 Å². The minimum absolute atomic E-state index is 0.104. The van der Waals surface area contributed by atoms with Crippen molar-refractivity contribution in [2.75, 3.05) is 13.2 Å². The zero-order valence-corrected chi connectivity index (χ0v) is 8.69. The topological polar surface area (TPSA) is 35.2 Å². The summed E-state index contributed by atoms with van der Waals surface area (Å²) < 4.78 is 5.32. The van der Waals surface area contributed by atoms with E-state index in [-0.39, 0.29) is 5.54 Å². The van der Waals surface area contributed by atoms with Gasteiger partial charge in [0.1, 0.15) is 0 Å². The van der Waals surface area contributed by atoms with Crippen molar-refractivity contribution >= 4 is 11.3 Å². The van der Waals surface area contributed by atoms with Gasteiger partial charge in [-0.25, -0.2) is 0 Å². The summed E-state index contributed by atoms with van der Waals surface area (Å²) in [4.78, 5) is 1.36. The van der Waals surface area contributed by atoms with Gasteiger partial charge in [-0.2, -0.15) is 0 Å². The Kier molecular flexibility index (Phi) is 2.41. The number of thiophene rings is 1. The zero-order chi connectivity index (χ0) is 9.31. The normalized spacial score (nSPS) is 28.2. The van der Waals surface area contributed by atoms with E-state index in [1.165, 1.54) is 10.4 Å². The largest absolute Gasteiger partial charge is 0.379 e. The second-order valence-electron chi connectivity index (χ2n) is 3.91. The van der Waals surface area contributed by atoms with E-state index in [4.69, 9.17) is 10.5 Å². The van der Waals surface area contributed by atoms with Crippen molar-refractivity contribution in [2.45, 2.75) is 25.3 Å². The first-order valence-electron chi connectivity index (χ1n) is 4.59. The fourth-order valence-electron chi connectivity index (χ4n) is 1.76. The van der Waals surface area contributed by atoms with Gasteiger partial charge < -0.3 is 10.5 Å².